The first-order valence-corrected chi connectivity index (χ1v) is 6.17. The first-order chi connectivity index (χ1) is 8.61. The highest BCUT2D eigenvalue weighted by molar-refractivity contribution is 5.81. The van der Waals surface area contributed by atoms with Crippen molar-refractivity contribution in [3.05, 3.63) is 35.4 Å². The molecule has 0 aromatic heterocycles. The third-order valence-corrected chi connectivity index (χ3v) is 3.10. The molecule has 2 N–H and O–H groups in total. The van der Waals surface area contributed by atoms with E-state index in [0.717, 1.165) is 18.4 Å². The largest absolute Gasteiger partial charge is 0.334 e. The van der Waals surface area contributed by atoms with Gasteiger partial charge >= 0.3 is 0 Å². The Hall–Kier alpha value is -1.86. The number of hydrogen-bond acceptors (Lipinski definition) is 3. The molecule has 1 fully saturated rings. The van der Waals surface area contributed by atoms with Gasteiger partial charge in [0, 0.05) is 12.6 Å². The van der Waals surface area contributed by atoms with Gasteiger partial charge in [-0.1, -0.05) is 12.1 Å². The predicted octanol–water partition coefficient (Wildman–Crippen LogP) is 1.40. The van der Waals surface area contributed by atoms with Crippen LogP contribution in [0.3, 0.4) is 0 Å². The molecular formula is C14H17N3O. The number of nitriles is 1. The van der Waals surface area contributed by atoms with Crippen LogP contribution < -0.4 is 5.73 Å². The van der Waals surface area contributed by atoms with E-state index in [2.05, 4.69) is 6.07 Å². The second kappa shape index (κ2) is 5.19. The number of carbonyl (C=O) groups excluding carboxylic acids is 1. The molecule has 0 aliphatic heterocycles. The lowest BCUT2D eigenvalue weighted by atomic mass is 10.1. The van der Waals surface area contributed by atoms with E-state index in [1.807, 2.05) is 17.0 Å². The van der Waals surface area contributed by atoms with Crippen LogP contribution in [0.2, 0.25) is 0 Å². The SMILES string of the molecule is C[C@H](N)C(=O)N(Cc1ccc(C#N)cc1)C1CC1. The Balaban J connectivity index is 2.09. The van der Waals surface area contributed by atoms with E-state index in [0.29, 0.717) is 18.2 Å². The zero-order valence-corrected chi connectivity index (χ0v) is 10.5. The molecule has 0 bridgehead atoms. The number of nitrogens with zero attached hydrogens (tertiary/aromatic N) is 2. The minimum atomic E-state index is -0.455. The molecule has 1 amide bonds. The molecule has 0 heterocycles. The number of benzene rings is 1. The highest BCUT2D eigenvalue weighted by Crippen LogP contribution is 2.28. The zero-order chi connectivity index (χ0) is 13.1. The normalized spacial score (nSPS) is 15.8. The summed E-state index contributed by atoms with van der Waals surface area (Å²) in [6.07, 6.45) is 2.13. The van der Waals surface area contributed by atoms with E-state index in [9.17, 15) is 4.79 Å². The predicted molar refractivity (Wildman–Crippen MR) is 68.4 cm³/mol. The maximum atomic E-state index is 12.0. The van der Waals surface area contributed by atoms with Crippen molar-refractivity contribution < 1.29 is 4.79 Å². The molecule has 0 saturated heterocycles. The molecule has 1 saturated carbocycles. The Bertz CT molecular complexity index is 469. The Morgan fingerprint density at radius 3 is 2.56 bits per heavy atom. The van der Waals surface area contributed by atoms with Crippen LogP contribution >= 0.6 is 0 Å². The topological polar surface area (TPSA) is 70.1 Å². The smallest absolute Gasteiger partial charge is 0.239 e. The van der Waals surface area contributed by atoms with Gasteiger partial charge in [0.1, 0.15) is 0 Å². The lowest BCUT2D eigenvalue weighted by Gasteiger charge is -2.24. The summed E-state index contributed by atoms with van der Waals surface area (Å²) in [6.45, 7) is 2.30. The van der Waals surface area contributed by atoms with Gasteiger partial charge in [-0.2, -0.15) is 5.26 Å². The van der Waals surface area contributed by atoms with E-state index in [1.54, 1.807) is 19.1 Å². The lowest BCUT2D eigenvalue weighted by Crippen LogP contribution is -2.42. The molecule has 1 atom stereocenters. The van der Waals surface area contributed by atoms with Crippen molar-refractivity contribution in [1.82, 2.24) is 4.90 Å². The Labute approximate surface area is 107 Å². The average molecular weight is 243 g/mol. The van der Waals surface area contributed by atoms with Crippen LogP contribution in [-0.2, 0) is 11.3 Å². The molecule has 2 rings (SSSR count). The van der Waals surface area contributed by atoms with Crippen molar-refractivity contribution in [3.63, 3.8) is 0 Å². The van der Waals surface area contributed by atoms with Crippen LogP contribution in [0.15, 0.2) is 24.3 Å². The molecule has 4 nitrogen and oxygen atoms in total. The van der Waals surface area contributed by atoms with Crippen LogP contribution in [0.4, 0.5) is 0 Å². The van der Waals surface area contributed by atoms with Gasteiger partial charge in [-0.15, -0.1) is 0 Å². The van der Waals surface area contributed by atoms with Gasteiger partial charge in [-0.3, -0.25) is 4.79 Å². The number of carbonyl (C=O) groups is 1. The first-order valence-electron chi connectivity index (χ1n) is 6.17. The highest BCUT2D eigenvalue weighted by Gasteiger charge is 2.33. The summed E-state index contributed by atoms with van der Waals surface area (Å²) < 4.78 is 0. The summed E-state index contributed by atoms with van der Waals surface area (Å²) in [6, 6.07) is 9.31. The van der Waals surface area contributed by atoms with E-state index in [-0.39, 0.29) is 5.91 Å². The third-order valence-electron chi connectivity index (χ3n) is 3.10. The van der Waals surface area contributed by atoms with Crippen LogP contribution in [0, 0.1) is 11.3 Å². The van der Waals surface area contributed by atoms with Crippen molar-refractivity contribution in [3.8, 4) is 6.07 Å². The molecule has 94 valence electrons. The van der Waals surface area contributed by atoms with Crippen molar-refractivity contribution in [2.24, 2.45) is 5.73 Å². The molecule has 0 unspecified atom stereocenters. The van der Waals surface area contributed by atoms with E-state index in [1.165, 1.54) is 0 Å². The van der Waals surface area contributed by atoms with E-state index in [4.69, 9.17) is 11.0 Å². The second-order valence-electron chi connectivity index (χ2n) is 4.79. The summed E-state index contributed by atoms with van der Waals surface area (Å²) >= 11 is 0. The van der Waals surface area contributed by atoms with Crippen molar-refractivity contribution >= 4 is 5.91 Å². The van der Waals surface area contributed by atoms with E-state index < -0.39 is 6.04 Å². The second-order valence-corrected chi connectivity index (χ2v) is 4.79. The highest BCUT2D eigenvalue weighted by atomic mass is 16.2. The molecule has 1 aromatic carbocycles. The number of rotatable bonds is 4. The maximum Gasteiger partial charge on any atom is 0.239 e. The van der Waals surface area contributed by atoms with E-state index >= 15 is 0 Å². The van der Waals surface area contributed by atoms with Crippen LogP contribution in [0.5, 0.6) is 0 Å². The van der Waals surface area contributed by atoms with Crippen molar-refractivity contribution in [2.75, 3.05) is 0 Å². The van der Waals surface area contributed by atoms with Crippen molar-refractivity contribution in [2.45, 2.75) is 38.4 Å². The fraction of sp³-hybridized carbons (Fsp3) is 0.429. The standard InChI is InChI=1S/C14H17N3O/c1-10(16)14(18)17(13-6-7-13)9-12-4-2-11(8-15)3-5-12/h2-5,10,13H,6-7,9,16H2,1H3/t10-/m0/s1. The molecule has 1 aliphatic rings. The fourth-order valence-electron chi connectivity index (χ4n) is 1.92. The van der Waals surface area contributed by atoms with Gasteiger partial charge in [0.25, 0.3) is 0 Å². The van der Waals surface area contributed by atoms with Gasteiger partial charge in [-0.05, 0) is 37.5 Å². The third kappa shape index (κ3) is 2.88. The van der Waals surface area contributed by atoms with Crippen LogP contribution in [0.25, 0.3) is 0 Å². The Morgan fingerprint density at radius 2 is 2.11 bits per heavy atom. The summed E-state index contributed by atoms with van der Waals surface area (Å²) in [7, 11) is 0. The maximum absolute atomic E-state index is 12.0. The van der Waals surface area contributed by atoms with Crippen LogP contribution in [-0.4, -0.2) is 22.9 Å². The zero-order valence-electron chi connectivity index (χ0n) is 10.5. The molecule has 0 radical (unpaired) electrons. The number of hydrogen-bond donors (Lipinski definition) is 1. The number of nitrogens with two attached hydrogens (primary N) is 1. The first kappa shape index (κ1) is 12.6. The summed E-state index contributed by atoms with van der Waals surface area (Å²) in [5, 5.41) is 8.74. The average Bonchev–Trinajstić information content (AvgIpc) is 3.20. The minimum absolute atomic E-state index is 0.00172. The molecule has 1 aromatic rings. The summed E-state index contributed by atoms with van der Waals surface area (Å²) in [5.41, 5.74) is 7.34. The summed E-state index contributed by atoms with van der Waals surface area (Å²) in [5.74, 6) is 0.00172. The van der Waals surface area contributed by atoms with Crippen molar-refractivity contribution in [1.29, 1.82) is 5.26 Å². The number of amides is 1. The molecule has 18 heavy (non-hydrogen) atoms. The fourth-order valence-corrected chi connectivity index (χ4v) is 1.92. The van der Waals surface area contributed by atoms with Crippen LogP contribution in [0.1, 0.15) is 30.9 Å². The Morgan fingerprint density at radius 1 is 1.50 bits per heavy atom. The molecule has 4 heteroatoms. The Kier molecular flexibility index (Phi) is 3.63. The minimum Gasteiger partial charge on any atom is -0.334 e. The van der Waals surface area contributed by atoms with Gasteiger partial charge in [0.15, 0.2) is 0 Å². The van der Waals surface area contributed by atoms with Gasteiger partial charge < -0.3 is 10.6 Å². The van der Waals surface area contributed by atoms with Gasteiger partial charge in [0.2, 0.25) is 5.91 Å². The monoisotopic (exact) mass is 243 g/mol. The molecular weight excluding hydrogens is 226 g/mol. The molecule has 1 aliphatic carbocycles. The lowest BCUT2D eigenvalue weighted by molar-refractivity contribution is -0.133. The quantitative estimate of drug-likeness (QED) is 0.868. The van der Waals surface area contributed by atoms with Gasteiger partial charge in [0.05, 0.1) is 17.7 Å². The molecule has 0 spiro atoms. The van der Waals surface area contributed by atoms with Gasteiger partial charge in [-0.25, -0.2) is 0 Å². The summed E-state index contributed by atoms with van der Waals surface area (Å²) in [4.78, 5) is 13.9.